The molecule has 0 bridgehead atoms. The van der Waals surface area contributed by atoms with Gasteiger partial charge in [0, 0.05) is 11.9 Å². The number of hydrogen-bond acceptors (Lipinski definition) is 3. The first-order valence-corrected chi connectivity index (χ1v) is 8.38. The molecule has 0 atom stereocenters. The number of carbonyl (C=O) groups is 1. The first kappa shape index (κ1) is 18.6. The zero-order valence-corrected chi connectivity index (χ0v) is 14.4. The fourth-order valence-corrected chi connectivity index (χ4v) is 2.67. The molecule has 0 saturated heterocycles. The highest BCUT2D eigenvalue weighted by molar-refractivity contribution is 6.11. The Bertz CT molecular complexity index is 1080. The Morgan fingerprint density at radius 3 is 2.48 bits per heavy atom. The van der Waals surface area contributed by atoms with E-state index in [1.54, 1.807) is 24.3 Å². The van der Waals surface area contributed by atoms with Crippen LogP contribution in [0.15, 0.2) is 41.2 Å². The maximum absolute atomic E-state index is 13.9. The number of aryl methyl sites for hydroxylation is 1. The summed E-state index contributed by atoms with van der Waals surface area (Å²) in [5, 5.41) is 6.88. The Morgan fingerprint density at radius 2 is 1.78 bits per heavy atom. The van der Waals surface area contributed by atoms with Gasteiger partial charge in [0.05, 0.1) is 11.1 Å². The lowest BCUT2D eigenvalue weighted by Gasteiger charge is -2.11. The molecule has 5 nitrogen and oxygen atoms in total. The van der Waals surface area contributed by atoms with E-state index in [1.165, 1.54) is 4.68 Å². The van der Waals surface area contributed by atoms with Crippen LogP contribution in [-0.2, 0) is 6.54 Å². The molecule has 0 aliphatic carbocycles. The van der Waals surface area contributed by atoms with Crippen molar-refractivity contribution in [3.05, 3.63) is 69.9 Å². The number of carbonyl (C=O) groups excluding carboxylic acids is 1. The van der Waals surface area contributed by atoms with Crippen LogP contribution in [0.1, 0.15) is 30.3 Å². The summed E-state index contributed by atoms with van der Waals surface area (Å²) in [5.41, 5.74) is -0.962. The summed E-state index contributed by atoms with van der Waals surface area (Å²) in [6.45, 7) is 2.27. The predicted molar refractivity (Wildman–Crippen MR) is 95.2 cm³/mol. The molecule has 0 aliphatic heterocycles. The number of rotatable bonds is 5. The third kappa shape index (κ3) is 3.55. The van der Waals surface area contributed by atoms with Crippen molar-refractivity contribution in [3.8, 4) is 0 Å². The molecule has 3 rings (SSSR count). The van der Waals surface area contributed by atoms with Crippen molar-refractivity contribution >= 4 is 22.4 Å². The number of fused-ring (bicyclic) bond motifs is 1. The summed E-state index contributed by atoms with van der Waals surface area (Å²) >= 11 is 0. The van der Waals surface area contributed by atoms with E-state index in [4.69, 9.17) is 0 Å². The number of amides is 1. The van der Waals surface area contributed by atoms with Crippen molar-refractivity contribution in [1.82, 2.24) is 9.78 Å². The summed E-state index contributed by atoms with van der Waals surface area (Å²) in [5.74, 6) is -5.38. The molecule has 0 saturated carbocycles. The van der Waals surface area contributed by atoms with E-state index < -0.39 is 29.0 Å². The normalized spacial score (nSPS) is 11.0. The molecule has 3 aromatic rings. The van der Waals surface area contributed by atoms with E-state index in [-0.39, 0.29) is 16.6 Å². The molecular formula is C19H16F3N3O2. The van der Waals surface area contributed by atoms with Crippen LogP contribution in [0.3, 0.4) is 0 Å². The highest BCUT2D eigenvalue weighted by Crippen LogP contribution is 2.21. The smallest absolute Gasteiger partial charge is 0.276 e. The third-order valence-corrected chi connectivity index (χ3v) is 4.09. The van der Waals surface area contributed by atoms with Crippen LogP contribution in [-0.4, -0.2) is 15.7 Å². The third-order valence-electron chi connectivity index (χ3n) is 4.09. The monoisotopic (exact) mass is 375 g/mol. The van der Waals surface area contributed by atoms with Crippen molar-refractivity contribution in [1.29, 1.82) is 0 Å². The summed E-state index contributed by atoms with van der Waals surface area (Å²) in [4.78, 5) is 25.2. The maximum Gasteiger partial charge on any atom is 0.276 e. The largest absolute Gasteiger partial charge is 0.318 e. The molecule has 1 amide bonds. The van der Waals surface area contributed by atoms with Gasteiger partial charge in [-0.1, -0.05) is 31.5 Å². The second-order valence-electron chi connectivity index (χ2n) is 5.95. The lowest BCUT2D eigenvalue weighted by atomic mass is 10.1. The fourth-order valence-electron chi connectivity index (χ4n) is 2.67. The minimum atomic E-state index is -1.68. The Labute approximate surface area is 152 Å². The lowest BCUT2D eigenvalue weighted by molar-refractivity contribution is 0.102. The summed E-state index contributed by atoms with van der Waals surface area (Å²) in [6.07, 6.45) is 1.51. The number of nitrogens with one attached hydrogen (secondary N) is 1. The Kier molecular flexibility index (Phi) is 5.25. The van der Waals surface area contributed by atoms with Crippen LogP contribution in [0.5, 0.6) is 0 Å². The number of anilines is 1. The topological polar surface area (TPSA) is 64.0 Å². The standard InChI is InChI=1S/C19H16F3N3O2/c1-2-3-10-25-19(27)12-7-5-4-6-11(12)17(24-25)18(26)23-14-9-8-13(20)15(21)16(14)22/h4-9H,2-3,10H2,1H3,(H,23,26). The van der Waals surface area contributed by atoms with Gasteiger partial charge in [0.2, 0.25) is 0 Å². The minimum absolute atomic E-state index is 0.106. The quantitative estimate of drug-likeness (QED) is 0.689. The Morgan fingerprint density at radius 1 is 1.07 bits per heavy atom. The van der Waals surface area contributed by atoms with Gasteiger partial charge in [-0.05, 0) is 24.6 Å². The van der Waals surface area contributed by atoms with Crippen LogP contribution >= 0.6 is 0 Å². The number of unbranched alkanes of at least 4 members (excludes halogenated alkanes) is 1. The van der Waals surface area contributed by atoms with E-state index in [9.17, 15) is 22.8 Å². The molecule has 0 aliphatic rings. The fraction of sp³-hybridized carbons (Fsp3) is 0.211. The molecule has 0 fully saturated rings. The average molecular weight is 375 g/mol. The van der Waals surface area contributed by atoms with E-state index >= 15 is 0 Å². The summed E-state index contributed by atoms with van der Waals surface area (Å²) in [6, 6.07) is 8.03. The van der Waals surface area contributed by atoms with E-state index in [2.05, 4.69) is 10.4 Å². The number of nitrogens with zero attached hydrogens (tertiary/aromatic N) is 2. The molecular weight excluding hydrogens is 359 g/mol. The molecule has 0 spiro atoms. The van der Waals surface area contributed by atoms with Gasteiger partial charge in [0.1, 0.15) is 0 Å². The number of hydrogen-bond donors (Lipinski definition) is 1. The molecule has 1 aromatic heterocycles. The molecule has 8 heteroatoms. The predicted octanol–water partition coefficient (Wildman–Crippen LogP) is 3.87. The van der Waals surface area contributed by atoms with Gasteiger partial charge >= 0.3 is 0 Å². The van der Waals surface area contributed by atoms with Crippen LogP contribution in [0, 0.1) is 17.5 Å². The van der Waals surface area contributed by atoms with Crippen molar-refractivity contribution < 1.29 is 18.0 Å². The molecule has 2 aromatic carbocycles. The van der Waals surface area contributed by atoms with E-state index in [0.717, 1.165) is 12.5 Å². The molecule has 0 unspecified atom stereocenters. The SMILES string of the molecule is CCCCn1nc(C(=O)Nc2ccc(F)c(F)c2F)c2ccccc2c1=O. The van der Waals surface area contributed by atoms with Gasteiger partial charge < -0.3 is 5.32 Å². The van der Waals surface area contributed by atoms with Crippen LogP contribution < -0.4 is 10.9 Å². The van der Waals surface area contributed by atoms with E-state index in [1.807, 2.05) is 6.92 Å². The molecule has 0 radical (unpaired) electrons. The van der Waals surface area contributed by atoms with Gasteiger partial charge in [-0.25, -0.2) is 17.9 Å². The second kappa shape index (κ2) is 7.61. The second-order valence-corrected chi connectivity index (χ2v) is 5.95. The highest BCUT2D eigenvalue weighted by atomic mass is 19.2. The van der Waals surface area contributed by atoms with Gasteiger partial charge in [-0.3, -0.25) is 9.59 Å². The zero-order valence-electron chi connectivity index (χ0n) is 14.4. The number of aromatic nitrogens is 2. The van der Waals surface area contributed by atoms with Crippen molar-refractivity contribution in [2.24, 2.45) is 0 Å². The Hall–Kier alpha value is -3.16. The van der Waals surface area contributed by atoms with E-state index in [0.29, 0.717) is 24.4 Å². The summed E-state index contributed by atoms with van der Waals surface area (Å²) in [7, 11) is 0. The first-order chi connectivity index (χ1) is 12.9. The average Bonchev–Trinajstić information content (AvgIpc) is 2.68. The first-order valence-electron chi connectivity index (χ1n) is 8.38. The van der Waals surface area contributed by atoms with Crippen LogP contribution in [0.4, 0.5) is 18.9 Å². The molecule has 1 heterocycles. The Balaban J connectivity index is 2.07. The highest BCUT2D eigenvalue weighted by Gasteiger charge is 2.20. The number of halogens is 3. The van der Waals surface area contributed by atoms with Crippen LogP contribution in [0.25, 0.3) is 10.8 Å². The molecule has 1 N–H and O–H groups in total. The maximum atomic E-state index is 13.9. The molecule has 140 valence electrons. The van der Waals surface area contributed by atoms with Gasteiger partial charge in [-0.15, -0.1) is 0 Å². The summed E-state index contributed by atoms with van der Waals surface area (Å²) < 4.78 is 41.5. The van der Waals surface area contributed by atoms with Gasteiger partial charge in [0.15, 0.2) is 23.1 Å². The number of benzene rings is 2. The van der Waals surface area contributed by atoms with Crippen molar-refractivity contribution in [3.63, 3.8) is 0 Å². The van der Waals surface area contributed by atoms with Gasteiger partial charge in [-0.2, -0.15) is 5.10 Å². The van der Waals surface area contributed by atoms with Crippen molar-refractivity contribution in [2.45, 2.75) is 26.3 Å². The van der Waals surface area contributed by atoms with Crippen molar-refractivity contribution in [2.75, 3.05) is 5.32 Å². The minimum Gasteiger partial charge on any atom is -0.318 e. The van der Waals surface area contributed by atoms with Crippen LogP contribution in [0.2, 0.25) is 0 Å². The zero-order chi connectivity index (χ0) is 19.6. The molecule has 27 heavy (non-hydrogen) atoms. The lowest BCUT2D eigenvalue weighted by Crippen LogP contribution is -2.28. The van der Waals surface area contributed by atoms with Gasteiger partial charge in [0.25, 0.3) is 11.5 Å².